The number of rotatable bonds is 7. The second-order valence-electron chi connectivity index (χ2n) is 8.61. The molecule has 2 aliphatic rings. The maximum absolute atomic E-state index is 4.97. The van der Waals surface area contributed by atoms with Crippen LogP contribution < -0.4 is 5.32 Å². The van der Waals surface area contributed by atoms with E-state index in [1.54, 1.807) is 0 Å². The van der Waals surface area contributed by atoms with E-state index in [1.165, 1.54) is 51.6 Å². The lowest BCUT2D eigenvalue weighted by atomic mass is 9.93. The summed E-state index contributed by atoms with van der Waals surface area (Å²) >= 11 is 0. The Labute approximate surface area is 194 Å². The SMILES string of the molecule is CCNC(=NCCCCN1CCCCC1C)N1CCC(C)C(n2ccnc2)C1.I. The summed E-state index contributed by atoms with van der Waals surface area (Å²) in [6, 6.07) is 1.24. The van der Waals surface area contributed by atoms with Crippen LogP contribution in [0.25, 0.3) is 0 Å². The second kappa shape index (κ2) is 12.8. The number of aromatic nitrogens is 2. The third kappa shape index (κ3) is 7.12. The molecule has 1 N–H and O–H groups in total. The number of piperidine rings is 2. The third-order valence-electron chi connectivity index (χ3n) is 6.52. The predicted octanol–water partition coefficient (Wildman–Crippen LogP) is 4.00. The molecule has 2 aliphatic heterocycles. The van der Waals surface area contributed by atoms with E-state index in [2.05, 4.69) is 51.6 Å². The van der Waals surface area contributed by atoms with E-state index in [9.17, 15) is 0 Å². The molecule has 2 fully saturated rings. The average molecular weight is 517 g/mol. The van der Waals surface area contributed by atoms with Gasteiger partial charge in [-0.15, -0.1) is 24.0 Å². The van der Waals surface area contributed by atoms with E-state index in [1.807, 2.05) is 12.5 Å². The van der Waals surface area contributed by atoms with E-state index in [4.69, 9.17) is 4.99 Å². The number of imidazole rings is 1. The van der Waals surface area contributed by atoms with Crippen molar-refractivity contribution in [2.75, 3.05) is 39.3 Å². The minimum absolute atomic E-state index is 0. The molecule has 3 heterocycles. The third-order valence-corrected chi connectivity index (χ3v) is 6.52. The highest BCUT2D eigenvalue weighted by molar-refractivity contribution is 14.0. The van der Waals surface area contributed by atoms with Gasteiger partial charge in [-0.3, -0.25) is 4.99 Å². The van der Waals surface area contributed by atoms with Crippen LogP contribution >= 0.6 is 24.0 Å². The van der Waals surface area contributed by atoms with E-state index in [0.29, 0.717) is 12.0 Å². The van der Waals surface area contributed by atoms with Crippen molar-refractivity contribution < 1.29 is 0 Å². The molecule has 0 bridgehead atoms. The molecule has 0 aromatic carbocycles. The van der Waals surface area contributed by atoms with Gasteiger partial charge >= 0.3 is 0 Å². The van der Waals surface area contributed by atoms with Crippen LogP contribution in [-0.2, 0) is 0 Å². The molecule has 1 aromatic rings. The molecule has 7 heteroatoms. The van der Waals surface area contributed by atoms with Crippen LogP contribution in [-0.4, -0.2) is 70.6 Å². The van der Waals surface area contributed by atoms with Crippen molar-refractivity contribution >= 4 is 29.9 Å². The molecule has 3 rings (SSSR count). The van der Waals surface area contributed by atoms with Gasteiger partial charge in [0, 0.05) is 44.6 Å². The highest BCUT2D eigenvalue weighted by Gasteiger charge is 2.28. The van der Waals surface area contributed by atoms with Crippen LogP contribution in [0.2, 0.25) is 0 Å². The van der Waals surface area contributed by atoms with Gasteiger partial charge in [0.15, 0.2) is 5.96 Å². The van der Waals surface area contributed by atoms with E-state index in [0.717, 1.165) is 38.2 Å². The first-order chi connectivity index (χ1) is 13.7. The van der Waals surface area contributed by atoms with Gasteiger partial charge in [-0.1, -0.05) is 13.3 Å². The molecule has 1 aromatic heterocycles. The van der Waals surface area contributed by atoms with Crippen LogP contribution in [0.3, 0.4) is 0 Å². The normalized spacial score (nSPS) is 26.2. The van der Waals surface area contributed by atoms with Gasteiger partial charge in [-0.2, -0.15) is 0 Å². The number of unbranched alkanes of at least 4 members (excludes halogenated alkanes) is 1. The lowest BCUT2D eigenvalue weighted by Gasteiger charge is -2.39. The first-order valence-corrected chi connectivity index (χ1v) is 11.4. The number of likely N-dealkylation sites (tertiary alicyclic amines) is 2. The first kappa shape index (κ1) is 24.4. The summed E-state index contributed by atoms with van der Waals surface area (Å²) in [6.07, 6.45) is 13.7. The molecule has 2 saturated heterocycles. The maximum Gasteiger partial charge on any atom is 0.193 e. The highest BCUT2D eigenvalue weighted by atomic mass is 127. The molecule has 0 amide bonds. The Morgan fingerprint density at radius 1 is 1.17 bits per heavy atom. The monoisotopic (exact) mass is 516 g/mol. The number of hydrogen-bond acceptors (Lipinski definition) is 3. The molecular formula is C22H41IN6. The lowest BCUT2D eigenvalue weighted by Crippen LogP contribution is -2.49. The topological polar surface area (TPSA) is 48.7 Å². The fourth-order valence-electron chi connectivity index (χ4n) is 4.62. The van der Waals surface area contributed by atoms with Gasteiger partial charge < -0.3 is 19.7 Å². The molecule has 6 nitrogen and oxygen atoms in total. The van der Waals surface area contributed by atoms with Crippen LogP contribution in [0.5, 0.6) is 0 Å². The summed E-state index contributed by atoms with van der Waals surface area (Å²) in [7, 11) is 0. The van der Waals surface area contributed by atoms with Gasteiger partial charge in [0.2, 0.25) is 0 Å². The zero-order valence-corrected chi connectivity index (χ0v) is 20.9. The van der Waals surface area contributed by atoms with Crippen LogP contribution in [0.4, 0.5) is 0 Å². The van der Waals surface area contributed by atoms with Crippen molar-refractivity contribution in [3.8, 4) is 0 Å². The van der Waals surface area contributed by atoms with Crippen molar-refractivity contribution in [3.63, 3.8) is 0 Å². The molecule has 0 spiro atoms. The number of nitrogens with zero attached hydrogens (tertiary/aromatic N) is 5. The molecule has 3 unspecified atom stereocenters. The van der Waals surface area contributed by atoms with E-state index in [-0.39, 0.29) is 24.0 Å². The van der Waals surface area contributed by atoms with Crippen molar-refractivity contribution in [1.29, 1.82) is 0 Å². The number of halogens is 1. The van der Waals surface area contributed by atoms with Crippen LogP contribution in [0, 0.1) is 5.92 Å². The number of aliphatic imine (C=N–C) groups is 1. The average Bonchev–Trinajstić information content (AvgIpc) is 3.23. The summed E-state index contributed by atoms with van der Waals surface area (Å²) in [6.45, 7) is 13.4. The molecule has 29 heavy (non-hydrogen) atoms. The Kier molecular flexibility index (Phi) is 10.8. The minimum Gasteiger partial charge on any atom is -0.357 e. The quantitative estimate of drug-likeness (QED) is 0.258. The van der Waals surface area contributed by atoms with Gasteiger partial charge in [0.05, 0.1) is 12.4 Å². The van der Waals surface area contributed by atoms with Crippen LogP contribution in [0.15, 0.2) is 23.7 Å². The Balaban J connectivity index is 0.00000300. The molecule has 0 radical (unpaired) electrons. The smallest absolute Gasteiger partial charge is 0.193 e. The van der Waals surface area contributed by atoms with Crippen molar-refractivity contribution in [2.24, 2.45) is 10.9 Å². The largest absolute Gasteiger partial charge is 0.357 e. The zero-order chi connectivity index (χ0) is 19.8. The summed E-state index contributed by atoms with van der Waals surface area (Å²) in [5.74, 6) is 1.76. The maximum atomic E-state index is 4.97. The summed E-state index contributed by atoms with van der Waals surface area (Å²) in [4.78, 5) is 14.3. The predicted molar refractivity (Wildman–Crippen MR) is 132 cm³/mol. The molecule has 3 atom stereocenters. The standard InChI is InChI=1S/C22H40N6.HI/c1-4-24-22(25-11-6-8-14-26-13-7-5-9-20(26)3)27-15-10-19(2)21(17-27)28-16-12-23-18-28;/h12,16,18-21H,4-11,13-15,17H2,1-3H3,(H,24,25);1H. The Morgan fingerprint density at radius 3 is 2.76 bits per heavy atom. The zero-order valence-electron chi connectivity index (χ0n) is 18.6. The molecule has 166 valence electrons. The van der Waals surface area contributed by atoms with Crippen molar-refractivity contribution in [3.05, 3.63) is 18.7 Å². The Morgan fingerprint density at radius 2 is 2.03 bits per heavy atom. The Hall–Kier alpha value is -0.830. The molecule has 0 saturated carbocycles. The summed E-state index contributed by atoms with van der Waals surface area (Å²) in [5.41, 5.74) is 0. The number of nitrogens with one attached hydrogen (secondary N) is 1. The number of guanidine groups is 1. The van der Waals surface area contributed by atoms with E-state index >= 15 is 0 Å². The fourth-order valence-corrected chi connectivity index (χ4v) is 4.62. The van der Waals surface area contributed by atoms with Crippen molar-refractivity contribution in [1.82, 2.24) is 24.7 Å². The molecule has 0 aliphatic carbocycles. The number of hydrogen-bond donors (Lipinski definition) is 1. The highest BCUT2D eigenvalue weighted by Crippen LogP contribution is 2.27. The lowest BCUT2D eigenvalue weighted by molar-refractivity contribution is 0.158. The van der Waals surface area contributed by atoms with Gasteiger partial charge in [0.25, 0.3) is 0 Å². The fraction of sp³-hybridized carbons (Fsp3) is 0.818. The van der Waals surface area contributed by atoms with Gasteiger partial charge in [-0.05, 0) is 65.0 Å². The Bertz CT molecular complexity index is 590. The second-order valence-corrected chi connectivity index (χ2v) is 8.61. The van der Waals surface area contributed by atoms with Gasteiger partial charge in [0.1, 0.15) is 0 Å². The summed E-state index contributed by atoms with van der Waals surface area (Å²) in [5, 5.41) is 3.52. The van der Waals surface area contributed by atoms with E-state index < -0.39 is 0 Å². The minimum atomic E-state index is 0. The van der Waals surface area contributed by atoms with Gasteiger partial charge in [-0.25, -0.2) is 4.98 Å². The van der Waals surface area contributed by atoms with Crippen LogP contribution in [0.1, 0.15) is 65.3 Å². The molecular weight excluding hydrogens is 475 g/mol. The first-order valence-electron chi connectivity index (χ1n) is 11.4. The van der Waals surface area contributed by atoms with Crippen molar-refractivity contribution in [2.45, 2.75) is 71.4 Å². The summed E-state index contributed by atoms with van der Waals surface area (Å²) < 4.78 is 2.26.